The molecule has 0 aliphatic heterocycles. The van der Waals surface area contributed by atoms with Gasteiger partial charge in [0.05, 0.1) is 4.34 Å². The van der Waals surface area contributed by atoms with E-state index < -0.39 is 0 Å². The van der Waals surface area contributed by atoms with Crippen LogP contribution in [-0.4, -0.2) is 19.3 Å². The largest absolute Gasteiger partial charge is 0.368 e. The maximum absolute atomic E-state index is 5.81. The van der Waals surface area contributed by atoms with E-state index in [1.54, 1.807) is 30.1 Å². The normalized spacial score (nSPS) is 11.8. The lowest BCUT2D eigenvalue weighted by atomic mass is 10.5. The molecule has 0 radical (unpaired) electrons. The Balaban J connectivity index is 2.43. The van der Waals surface area contributed by atoms with Crippen molar-refractivity contribution in [1.29, 1.82) is 0 Å². The monoisotopic (exact) mass is 234 g/mol. The van der Waals surface area contributed by atoms with Crippen molar-refractivity contribution in [1.82, 2.24) is 5.32 Å². The van der Waals surface area contributed by atoms with Crippen LogP contribution in [0.25, 0.3) is 0 Å². The van der Waals surface area contributed by atoms with E-state index in [4.69, 9.17) is 11.6 Å². The fourth-order valence-corrected chi connectivity index (χ4v) is 2.76. The second kappa shape index (κ2) is 5.52. The van der Waals surface area contributed by atoms with E-state index in [9.17, 15) is 0 Å². The molecule has 0 atom stereocenters. The maximum atomic E-state index is 5.81. The number of hydrogen-bond acceptors (Lipinski definition) is 3. The lowest BCUT2D eigenvalue weighted by Crippen LogP contribution is -2.13. The molecular weight excluding hydrogens is 224 g/mol. The molecule has 1 N–H and O–H groups in total. The average Bonchev–Trinajstić information content (AvgIpc) is 2.53. The Labute approximate surface area is 91.4 Å². The van der Waals surface area contributed by atoms with Crippen LogP contribution in [0.4, 0.5) is 0 Å². The van der Waals surface area contributed by atoms with Gasteiger partial charge in [-0.25, -0.2) is 0 Å². The molecule has 1 rings (SSSR count). The van der Waals surface area contributed by atoms with E-state index >= 15 is 0 Å². The average molecular weight is 235 g/mol. The SMILES string of the molecule is CN=C(NC)SCc1ccc(Cl)s1. The topological polar surface area (TPSA) is 24.4 Å². The van der Waals surface area contributed by atoms with Crippen molar-refractivity contribution < 1.29 is 0 Å². The van der Waals surface area contributed by atoms with Gasteiger partial charge in [0, 0.05) is 24.7 Å². The predicted octanol–water partition coefficient (Wildman–Crippen LogP) is 2.84. The van der Waals surface area contributed by atoms with E-state index in [-0.39, 0.29) is 0 Å². The number of aliphatic imine (C=N–C) groups is 1. The first kappa shape index (κ1) is 10.9. The van der Waals surface area contributed by atoms with E-state index in [0.717, 1.165) is 15.3 Å². The van der Waals surface area contributed by atoms with Crippen molar-refractivity contribution in [3.05, 3.63) is 21.3 Å². The van der Waals surface area contributed by atoms with Crippen LogP contribution in [0.1, 0.15) is 4.88 Å². The molecule has 1 heterocycles. The lowest BCUT2D eigenvalue weighted by molar-refractivity contribution is 1.18. The number of halogens is 1. The van der Waals surface area contributed by atoms with E-state index in [2.05, 4.69) is 10.3 Å². The minimum absolute atomic E-state index is 0.843. The molecule has 0 spiro atoms. The molecule has 0 unspecified atom stereocenters. The number of amidine groups is 1. The quantitative estimate of drug-likeness (QED) is 0.629. The van der Waals surface area contributed by atoms with Crippen molar-refractivity contribution in [3.8, 4) is 0 Å². The third kappa shape index (κ3) is 3.58. The molecule has 0 bridgehead atoms. The van der Waals surface area contributed by atoms with Crippen LogP contribution in [0.3, 0.4) is 0 Å². The molecule has 5 heteroatoms. The Morgan fingerprint density at radius 1 is 1.69 bits per heavy atom. The summed E-state index contributed by atoms with van der Waals surface area (Å²) in [6.07, 6.45) is 0. The van der Waals surface area contributed by atoms with Crippen molar-refractivity contribution >= 4 is 39.9 Å². The van der Waals surface area contributed by atoms with Crippen molar-refractivity contribution in [2.45, 2.75) is 5.75 Å². The van der Waals surface area contributed by atoms with Crippen LogP contribution in [0, 0.1) is 0 Å². The van der Waals surface area contributed by atoms with Gasteiger partial charge in [0.2, 0.25) is 0 Å². The van der Waals surface area contributed by atoms with Crippen LogP contribution >= 0.6 is 34.7 Å². The molecule has 0 aliphatic rings. The third-order valence-electron chi connectivity index (χ3n) is 1.40. The van der Waals surface area contributed by atoms with Gasteiger partial charge in [-0.1, -0.05) is 23.4 Å². The second-order valence-corrected chi connectivity index (χ2v) is 5.04. The minimum atomic E-state index is 0.843. The molecule has 1 aromatic heterocycles. The first-order chi connectivity index (χ1) is 6.26. The Morgan fingerprint density at radius 3 is 2.92 bits per heavy atom. The Kier molecular flexibility index (Phi) is 4.62. The second-order valence-electron chi connectivity index (χ2n) is 2.27. The number of thioether (sulfide) groups is 1. The van der Waals surface area contributed by atoms with Crippen molar-refractivity contribution in [2.75, 3.05) is 14.1 Å². The van der Waals surface area contributed by atoms with E-state index in [0.29, 0.717) is 0 Å². The molecule has 13 heavy (non-hydrogen) atoms. The van der Waals surface area contributed by atoms with Gasteiger partial charge >= 0.3 is 0 Å². The van der Waals surface area contributed by atoms with Gasteiger partial charge in [-0.15, -0.1) is 11.3 Å². The first-order valence-electron chi connectivity index (χ1n) is 3.78. The van der Waals surface area contributed by atoms with E-state index in [1.807, 2.05) is 19.2 Å². The van der Waals surface area contributed by atoms with Gasteiger partial charge in [0.15, 0.2) is 5.17 Å². The standard InChI is InChI=1S/C8H11ClN2S2/c1-10-8(11-2)12-5-6-3-4-7(9)13-6/h3-4H,5H2,1-2H3,(H,10,11). The highest BCUT2D eigenvalue weighted by molar-refractivity contribution is 8.13. The summed E-state index contributed by atoms with van der Waals surface area (Å²) < 4.78 is 0.843. The Morgan fingerprint density at radius 2 is 2.46 bits per heavy atom. The van der Waals surface area contributed by atoms with Gasteiger partial charge in [-0.3, -0.25) is 4.99 Å². The molecule has 0 aromatic carbocycles. The maximum Gasteiger partial charge on any atom is 0.156 e. The highest BCUT2D eigenvalue weighted by atomic mass is 35.5. The first-order valence-corrected chi connectivity index (χ1v) is 5.96. The summed E-state index contributed by atoms with van der Waals surface area (Å²) in [6.45, 7) is 0. The Bertz CT molecular complexity index is 296. The van der Waals surface area contributed by atoms with Gasteiger partial charge in [0.25, 0.3) is 0 Å². The van der Waals surface area contributed by atoms with Gasteiger partial charge in [-0.05, 0) is 12.1 Å². The fourth-order valence-electron chi connectivity index (χ4n) is 0.817. The summed E-state index contributed by atoms with van der Waals surface area (Å²) in [5.74, 6) is 0.922. The van der Waals surface area contributed by atoms with Gasteiger partial charge < -0.3 is 5.32 Å². The number of thiophene rings is 1. The zero-order valence-corrected chi connectivity index (χ0v) is 9.89. The number of rotatable bonds is 2. The molecule has 0 saturated heterocycles. The zero-order valence-electron chi connectivity index (χ0n) is 7.50. The predicted molar refractivity (Wildman–Crippen MR) is 63.0 cm³/mol. The van der Waals surface area contributed by atoms with Crippen molar-refractivity contribution in [2.24, 2.45) is 4.99 Å². The summed E-state index contributed by atoms with van der Waals surface area (Å²) in [4.78, 5) is 5.34. The van der Waals surface area contributed by atoms with Crippen LogP contribution in [0.15, 0.2) is 17.1 Å². The summed E-state index contributed by atoms with van der Waals surface area (Å²) in [6, 6.07) is 3.97. The molecule has 0 aliphatic carbocycles. The zero-order chi connectivity index (χ0) is 9.68. The molecule has 2 nitrogen and oxygen atoms in total. The number of nitrogens with zero attached hydrogens (tertiary/aromatic N) is 1. The van der Waals surface area contributed by atoms with Crippen molar-refractivity contribution in [3.63, 3.8) is 0 Å². The molecule has 72 valence electrons. The number of nitrogens with one attached hydrogen (secondary N) is 1. The molecule has 0 fully saturated rings. The highest BCUT2D eigenvalue weighted by Gasteiger charge is 2.00. The van der Waals surface area contributed by atoms with Crippen LogP contribution in [0.5, 0.6) is 0 Å². The van der Waals surface area contributed by atoms with E-state index in [1.165, 1.54) is 4.88 Å². The van der Waals surface area contributed by atoms with Crippen LogP contribution in [0.2, 0.25) is 4.34 Å². The smallest absolute Gasteiger partial charge is 0.156 e. The molecule has 0 saturated carbocycles. The summed E-state index contributed by atoms with van der Waals surface area (Å²) in [7, 11) is 3.65. The third-order valence-corrected chi connectivity index (χ3v) is 3.93. The molecule has 0 amide bonds. The van der Waals surface area contributed by atoms with Crippen LogP contribution < -0.4 is 5.32 Å². The molecule has 1 aromatic rings. The number of hydrogen-bond donors (Lipinski definition) is 1. The van der Waals surface area contributed by atoms with Gasteiger partial charge in [0.1, 0.15) is 0 Å². The van der Waals surface area contributed by atoms with Crippen LogP contribution in [-0.2, 0) is 5.75 Å². The summed E-state index contributed by atoms with van der Waals surface area (Å²) in [5, 5.41) is 3.96. The molecular formula is C8H11ClN2S2. The Hall–Kier alpha value is -0.190. The lowest BCUT2D eigenvalue weighted by Gasteiger charge is -2.01. The summed E-state index contributed by atoms with van der Waals surface area (Å²) >= 11 is 9.10. The van der Waals surface area contributed by atoms with Gasteiger partial charge in [-0.2, -0.15) is 0 Å². The fraction of sp³-hybridized carbons (Fsp3) is 0.375. The summed E-state index contributed by atoms with van der Waals surface area (Å²) in [5.41, 5.74) is 0. The highest BCUT2D eigenvalue weighted by Crippen LogP contribution is 2.25. The minimum Gasteiger partial charge on any atom is -0.368 e.